The fourth-order valence-corrected chi connectivity index (χ4v) is 2.55. The third kappa shape index (κ3) is 3.09. The molecule has 0 radical (unpaired) electrons. The molecule has 10 heteroatoms. The molecule has 1 atom stereocenters. The maximum Gasteiger partial charge on any atom is 0.440 e. The quantitative estimate of drug-likeness (QED) is 0.801. The summed E-state index contributed by atoms with van der Waals surface area (Å²) in [5.74, 6) is -2.86. The molecule has 1 aromatic heterocycles. The van der Waals surface area contributed by atoms with Crippen molar-refractivity contribution in [2.75, 3.05) is 4.90 Å². The molecule has 7 nitrogen and oxygen atoms in total. The van der Waals surface area contributed by atoms with Crippen LogP contribution in [0.4, 0.5) is 23.7 Å². The number of aryl methyl sites for hydroxylation is 1. The first-order valence-corrected chi connectivity index (χ1v) is 7.68. The number of aromatic nitrogens is 1. The summed E-state index contributed by atoms with van der Waals surface area (Å²) < 4.78 is 41.3. The van der Waals surface area contributed by atoms with Gasteiger partial charge in [0.2, 0.25) is 0 Å². The number of carbonyl (C=O) groups is 3. The number of nitrogens with one attached hydrogen (secondary N) is 2. The Labute approximate surface area is 151 Å². The molecule has 1 fully saturated rings. The lowest BCUT2D eigenvalue weighted by molar-refractivity contribution is -0.197. The highest BCUT2D eigenvalue weighted by Crippen LogP contribution is 2.36. The van der Waals surface area contributed by atoms with Crippen molar-refractivity contribution in [1.82, 2.24) is 15.6 Å². The average Bonchev–Trinajstić information content (AvgIpc) is 2.87. The zero-order valence-electron chi connectivity index (χ0n) is 13.9. The highest BCUT2D eigenvalue weighted by molar-refractivity contribution is 6.24. The van der Waals surface area contributed by atoms with Gasteiger partial charge in [0, 0.05) is 12.4 Å². The van der Waals surface area contributed by atoms with Gasteiger partial charge in [0.1, 0.15) is 0 Å². The first-order valence-electron chi connectivity index (χ1n) is 7.68. The summed E-state index contributed by atoms with van der Waals surface area (Å²) >= 11 is 0. The molecular weight excluding hydrogens is 365 g/mol. The summed E-state index contributed by atoms with van der Waals surface area (Å²) in [6.45, 7) is 1.74. The number of imide groups is 1. The predicted molar refractivity (Wildman–Crippen MR) is 87.7 cm³/mol. The average molecular weight is 378 g/mol. The second-order valence-electron chi connectivity index (χ2n) is 5.85. The maximum absolute atomic E-state index is 13.8. The predicted octanol–water partition coefficient (Wildman–Crippen LogP) is 2.13. The van der Waals surface area contributed by atoms with E-state index in [-0.39, 0.29) is 11.3 Å². The van der Waals surface area contributed by atoms with Crippen molar-refractivity contribution in [2.45, 2.75) is 18.8 Å². The lowest BCUT2D eigenvalue weighted by atomic mass is 10.1. The summed E-state index contributed by atoms with van der Waals surface area (Å²) in [7, 11) is 0. The Morgan fingerprint density at radius 3 is 2.41 bits per heavy atom. The minimum atomic E-state index is -5.28. The molecule has 4 amide bonds. The number of hydrogen-bond acceptors (Lipinski definition) is 4. The Hall–Kier alpha value is -3.43. The van der Waals surface area contributed by atoms with Crippen molar-refractivity contribution in [3.05, 3.63) is 59.9 Å². The summed E-state index contributed by atoms with van der Waals surface area (Å²) in [6, 6.07) is 7.03. The zero-order valence-corrected chi connectivity index (χ0v) is 13.9. The standard InChI is InChI=1S/C17H13F3N4O3/c1-10-4-6-12(7-5-10)24-14(26)16(17(18,19)20,23-15(24)27)22-13(25)11-3-2-8-21-9-11/h2-9H,1H3,(H,22,25)(H,23,27)/t16-/m1/s1. The summed E-state index contributed by atoms with van der Waals surface area (Å²) in [4.78, 5) is 41.0. The van der Waals surface area contributed by atoms with Gasteiger partial charge in [0.15, 0.2) is 0 Å². The van der Waals surface area contributed by atoms with Gasteiger partial charge in [0.05, 0.1) is 11.3 Å². The van der Waals surface area contributed by atoms with Crippen molar-refractivity contribution in [3.8, 4) is 0 Å². The van der Waals surface area contributed by atoms with E-state index in [4.69, 9.17) is 0 Å². The van der Waals surface area contributed by atoms with Crippen molar-refractivity contribution >= 4 is 23.5 Å². The lowest BCUT2D eigenvalue weighted by Gasteiger charge is -2.29. The van der Waals surface area contributed by atoms with Crippen LogP contribution < -0.4 is 15.5 Å². The molecule has 1 saturated heterocycles. The number of urea groups is 1. The molecule has 2 aromatic rings. The second-order valence-corrected chi connectivity index (χ2v) is 5.85. The van der Waals surface area contributed by atoms with Crippen LogP contribution in [0.1, 0.15) is 15.9 Å². The number of anilines is 1. The zero-order chi connectivity index (χ0) is 19.8. The largest absolute Gasteiger partial charge is 0.440 e. The Bertz CT molecular complexity index is 900. The third-order valence-electron chi connectivity index (χ3n) is 3.96. The van der Waals surface area contributed by atoms with E-state index in [1.54, 1.807) is 17.6 Å². The molecule has 1 aliphatic heterocycles. The number of pyridine rings is 1. The van der Waals surface area contributed by atoms with E-state index in [0.717, 1.165) is 11.8 Å². The van der Waals surface area contributed by atoms with E-state index < -0.39 is 29.7 Å². The van der Waals surface area contributed by atoms with Crippen molar-refractivity contribution < 1.29 is 27.6 Å². The van der Waals surface area contributed by atoms with Gasteiger partial charge in [0.25, 0.3) is 17.5 Å². The van der Waals surface area contributed by atoms with Crippen molar-refractivity contribution in [2.24, 2.45) is 0 Å². The number of benzene rings is 1. The molecule has 2 heterocycles. The molecule has 140 valence electrons. The van der Waals surface area contributed by atoms with Crippen LogP contribution >= 0.6 is 0 Å². The highest BCUT2D eigenvalue weighted by Gasteiger charge is 2.69. The van der Waals surface area contributed by atoms with Gasteiger partial charge >= 0.3 is 12.2 Å². The van der Waals surface area contributed by atoms with E-state index in [1.165, 1.54) is 42.6 Å². The molecule has 1 aliphatic rings. The molecule has 2 N–H and O–H groups in total. The van der Waals surface area contributed by atoms with Crippen LogP contribution in [0.2, 0.25) is 0 Å². The highest BCUT2D eigenvalue weighted by atomic mass is 19.4. The molecule has 27 heavy (non-hydrogen) atoms. The van der Waals surface area contributed by atoms with Crippen LogP contribution in [0.25, 0.3) is 0 Å². The SMILES string of the molecule is Cc1ccc(N2C(=O)N[C@@](NC(=O)c3cccnc3)(C(F)(F)F)C2=O)cc1. The summed E-state index contributed by atoms with van der Waals surface area (Å²) in [5.41, 5.74) is -3.04. The van der Waals surface area contributed by atoms with Gasteiger partial charge in [-0.05, 0) is 31.2 Å². The molecule has 0 bridgehead atoms. The van der Waals surface area contributed by atoms with Crippen molar-refractivity contribution in [3.63, 3.8) is 0 Å². The number of nitrogens with zero attached hydrogens (tertiary/aromatic N) is 2. The molecular formula is C17H13F3N4O3. The van der Waals surface area contributed by atoms with Crippen molar-refractivity contribution in [1.29, 1.82) is 0 Å². The fourth-order valence-electron chi connectivity index (χ4n) is 2.55. The molecule has 1 aromatic carbocycles. The van der Waals surface area contributed by atoms with E-state index in [1.807, 2.05) is 0 Å². The van der Waals surface area contributed by atoms with Crippen LogP contribution in [0.15, 0.2) is 48.8 Å². The molecule has 0 aliphatic carbocycles. The Balaban J connectivity index is 2.00. The number of hydrogen-bond donors (Lipinski definition) is 2. The second kappa shape index (κ2) is 6.38. The minimum absolute atomic E-state index is 0.0511. The smallest absolute Gasteiger partial charge is 0.314 e. The molecule has 0 unspecified atom stereocenters. The topological polar surface area (TPSA) is 91.4 Å². The first-order chi connectivity index (χ1) is 12.7. The Morgan fingerprint density at radius 1 is 1.19 bits per heavy atom. The van der Waals surface area contributed by atoms with Gasteiger partial charge in [-0.3, -0.25) is 19.9 Å². The van der Waals surface area contributed by atoms with E-state index in [9.17, 15) is 27.6 Å². The van der Waals surface area contributed by atoms with Crippen LogP contribution in [0.3, 0.4) is 0 Å². The van der Waals surface area contributed by atoms with Crippen LogP contribution in [0.5, 0.6) is 0 Å². The first kappa shape index (κ1) is 18.4. The molecule has 0 spiro atoms. The summed E-state index contributed by atoms with van der Waals surface area (Å²) in [5, 5.41) is 3.19. The number of carbonyl (C=O) groups excluding carboxylic acids is 3. The Morgan fingerprint density at radius 2 is 1.85 bits per heavy atom. The molecule has 0 saturated carbocycles. The van der Waals surface area contributed by atoms with E-state index in [0.29, 0.717) is 4.90 Å². The Kier molecular flexibility index (Phi) is 4.34. The van der Waals surface area contributed by atoms with Gasteiger partial charge in [-0.2, -0.15) is 13.2 Å². The number of halogens is 3. The van der Waals surface area contributed by atoms with Crippen LogP contribution in [-0.4, -0.2) is 34.7 Å². The molecule has 3 rings (SSSR count). The van der Waals surface area contributed by atoms with Gasteiger partial charge in [-0.15, -0.1) is 0 Å². The van der Waals surface area contributed by atoms with Crippen LogP contribution in [0, 0.1) is 6.92 Å². The minimum Gasteiger partial charge on any atom is -0.314 e. The van der Waals surface area contributed by atoms with E-state index in [2.05, 4.69) is 4.98 Å². The number of alkyl halides is 3. The maximum atomic E-state index is 13.8. The monoisotopic (exact) mass is 378 g/mol. The fraction of sp³-hybridized carbons (Fsp3) is 0.176. The third-order valence-corrected chi connectivity index (χ3v) is 3.96. The van der Waals surface area contributed by atoms with Gasteiger partial charge in [-0.1, -0.05) is 17.7 Å². The summed E-state index contributed by atoms with van der Waals surface area (Å²) in [6.07, 6.45) is -2.91. The normalized spacial score (nSPS) is 19.8. The van der Waals surface area contributed by atoms with E-state index >= 15 is 0 Å². The van der Waals surface area contributed by atoms with Gasteiger partial charge < -0.3 is 5.32 Å². The van der Waals surface area contributed by atoms with Crippen LogP contribution in [-0.2, 0) is 4.79 Å². The lowest BCUT2D eigenvalue weighted by Crippen LogP contribution is -2.69. The van der Waals surface area contributed by atoms with Gasteiger partial charge in [-0.25, -0.2) is 9.69 Å². The number of amides is 4. The number of rotatable bonds is 3.